The molecule has 0 aliphatic carbocycles. The molecule has 0 saturated heterocycles. The van der Waals surface area contributed by atoms with Crippen LogP contribution in [0.15, 0.2) is 65.6 Å². The summed E-state index contributed by atoms with van der Waals surface area (Å²) in [6.07, 6.45) is -6.18. The summed E-state index contributed by atoms with van der Waals surface area (Å²) in [5.74, 6) is 0.848. The normalized spacial score (nSPS) is 13.6. The number of nitro groups is 1. The van der Waals surface area contributed by atoms with Gasteiger partial charge >= 0.3 is 12.1 Å². The number of halogens is 4. The van der Waals surface area contributed by atoms with Gasteiger partial charge in [-0.15, -0.1) is 0 Å². The van der Waals surface area contributed by atoms with Crippen molar-refractivity contribution in [1.29, 1.82) is 0 Å². The molecule has 0 aliphatic heterocycles. The molecular formula is C25H20ClF3N2O7S. The van der Waals surface area contributed by atoms with Gasteiger partial charge in [0.2, 0.25) is 0 Å². The highest BCUT2D eigenvalue weighted by atomic mass is 35.5. The summed E-state index contributed by atoms with van der Waals surface area (Å²) >= 11 is 5.88. The van der Waals surface area contributed by atoms with Crippen molar-refractivity contribution in [2.24, 2.45) is 0 Å². The molecule has 39 heavy (non-hydrogen) atoms. The van der Waals surface area contributed by atoms with E-state index in [9.17, 15) is 37.1 Å². The molecule has 1 amide bonds. The van der Waals surface area contributed by atoms with Crippen molar-refractivity contribution in [1.82, 2.24) is 4.72 Å². The standard InChI is InChI=1S/C25H20ClF3N2O7S/c1-14-4-8-18(9-5-14)39(3,36)30-23(32)15(2)37-24(33)19-13-17(7-10-21(19)31(34)35)38-22-11-6-16(12-20(22)26)25(27,28)29/h4-13,15H,3H2,1-2H3,(H,30,32,36). The molecule has 3 aromatic carbocycles. The molecule has 0 spiro atoms. The van der Waals surface area contributed by atoms with Gasteiger partial charge < -0.3 is 9.47 Å². The van der Waals surface area contributed by atoms with E-state index in [1.165, 1.54) is 12.1 Å². The molecule has 1 N–H and O–H groups in total. The Morgan fingerprint density at radius 1 is 1.10 bits per heavy atom. The van der Waals surface area contributed by atoms with Crippen molar-refractivity contribution in [3.05, 3.63) is 92.5 Å². The summed E-state index contributed by atoms with van der Waals surface area (Å²) in [5, 5.41) is 11.1. The fraction of sp³-hybridized carbons (Fsp3) is 0.160. The highest BCUT2D eigenvalue weighted by Gasteiger charge is 2.31. The summed E-state index contributed by atoms with van der Waals surface area (Å²) in [6.45, 7) is 2.97. The molecule has 0 fully saturated rings. The van der Waals surface area contributed by atoms with Gasteiger partial charge in [-0.25, -0.2) is 9.00 Å². The number of nitrogens with one attached hydrogen (secondary N) is 1. The van der Waals surface area contributed by atoms with E-state index in [2.05, 4.69) is 10.6 Å². The second-order valence-electron chi connectivity index (χ2n) is 8.18. The van der Waals surface area contributed by atoms with E-state index in [0.29, 0.717) is 6.07 Å². The van der Waals surface area contributed by atoms with Crippen LogP contribution in [0.25, 0.3) is 0 Å². The second-order valence-corrected chi connectivity index (χ2v) is 10.6. The van der Waals surface area contributed by atoms with Crippen LogP contribution in [0.5, 0.6) is 11.5 Å². The summed E-state index contributed by atoms with van der Waals surface area (Å²) in [6, 6.07) is 11.6. The molecule has 9 nitrogen and oxygen atoms in total. The number of hydrogen-bond donors (Lipinski definition) is 1. The number of carbonyl (C=O) groups excluding carboxylic acids is 2. The zero-order valence-corrected chi connectivity index (χ0v) is 21.9. The maximum Gasteiger partial charge on any atom is 0.416 e. The average molecular weight is 585 g/mol. The summed E-state index contributed by atoms with van der Waals surface area (Å²) in [4.78, 5) is 36.2. The minimum absolute atomic E-state index is 0.188. The second kappa shape index (κ2) is 11.3. The number of nitro benzene ring substituents is 1. The summed E-state index contributed by atoms with van der Waals surface area (Å²) in [5.41, 5.74) is -1.45. The van der Waals surface area contributed by atoms with E-state index < -0.39 is 60.6 Å². The van der Waals surface area contributed by atoms with E-state index in [1.54, 1.807) is 12.1 Å². The lowest BCUT2D eigenvalue weighted by Gasteiger charge is -2.17. The summed E-state index contributed by atoms with van der Waals surface area (Å²) < 4.78 is 64.2. The van der Waals surface area contributed by atoms with Crippen LogP contribution in [0.4, 0.5) is 18.9 Å². The molecule has 2 unspecified atom stereocenters. The van der Waals surface area contributed by atoms with Gasteiger partial charge in [-0.3, -0.25) is 19.6 Å². The Morgan fingerprint density at radius 3 is 2.31 bits per heavy atom. The van der Waals surface area contributed by atoms with Gasteiger partial charge in [0.15, 0.2) is 6.10 Å². The third-order valence-corrected chi connectivity index (χ3v) is 7.05. The number of aryl methyl sites for hydroxylation is 1. The Morgan fingerprint density at radius 2 is 1.74 bits per heavy atom. The van der Waals surface area contributed by atoms with E-state index in [0.717, 1.165) is 42.8 Å². The molecule has 0 aromatic heterocycles. The molecule has 0 radical (unpaired) electrons. The number of esters is 1. The van der Waals surface area contributed by atoms with E-state index in [4.69, 9.17) is 21.1 Å². The van der Waals surface area contributed by atoms with Gasteiger partial charge in [-0.1, -0.05) is 29.3 Å². The number of benzene rings is 3. The Kier molecular flexibility index (Phi) is 8.56. The molecule has 2 atom stereocenters. The largest absolute Gasteiger partial charge is 0.456 e. The monoisotopic (exact) mass is 584 g/mol. The van der Waals surface area contributed by atoms with Crippen molar-refractivity contribution in [2.75, 3.05) is 0 Å². The molecule has 3 aromatic rings. The topological polar surface area (TPSA) is 125 Å². The molecule has 206 valence electrons. The first-order valence-electron chi connectivity index (χ1n) is 10.9. The Balaban J connectivity index is 1.80. The number of carbonyl (C=O) groups is 2. The maximum absolute atomic E-state index is 12.9. The zero-order chi connectivity index (χ0) is 29.1. The first-order chi connectivity index (χ1) is 18.1. The molecule has 0 saturated carbocycles. The van der Waals surface area contributed by atoms with Crippen molar-refractivity contribution in [2.45, 2.75) is 31.0 Å². The Bertz CT molecular complexity index is 1540. The van der Waals surface area contributed by atoms with Crippen molar-refractivity contribution in [3.8, 4) is 11.5 Å². The first-order valence-corrected chi connectivity index (χ1v) is 13.0. The number of amides is 1. The van der Waals surface area contributed by atoms with Gasteiger partial charge in [0.05, 0.1) is 25.2 Å². The number of nitrogens with zero attached hydrogens (tertiary/aromatic N) is 1. The number of alkyl halides is 3. The van der Waals surface area contributed by atoms with Crippen LogP contribution >= 0.6 is 11.6 Å². The van der Waals surface area contributed by atoms with E-state index in [-0.39, 0.29) is 16.4 Å². The van der Waals surface area contributed by atoms with Crippen LogP contribution in [-0.4, -0.2) is 33.0 Å². The quantitative estimate of drug-likeness (QED) is 0.155. The predicted molar refractivity (Wildman–Crippen MR) is 137 cm³/mol. The van der Waals surface area contributed by atoms with Crippen molar-refractivity contribution in [3.63, 3.8) is 0 Å². The lowest BCUT2D eigenvalue weighted by atomic mass is 10.1. The van der Waals surface area contributed by atoms with Crippen LogP contribution < -0.4 is 9.46 Å². The SMILES string of the molecule is C=S(=O)(NC(=O)C(C)OC(=O)c1cc(Oc2ccc(C(F)(F)F)cc2Cl)ccc1[N+](=O)[O-])c1ccc(C)cc1. The average Bonchev–Trinajstić information content (AvgIpc) is 2.84. The molecule has 0 aliphatic rings. The third-order valence-electron chi connectivity index (χ3n) is 5.19. The van der Waals surface area contributed by atoms with Crippen molar-refractivity contribution >= 4 is 44.7 Å². The van der Waals surface area contributed by atoms with Gasteiger partial charge in [0.25, 0.3) is 11.6 Å². The minimum atomic E-state index is -4.64. The van der Waals surface area contributed by atoms with E-state index >= 15 is 0 Å². The van der Waals surface area contributed by atoms with Crippen molar-refractivity contribution < 1.29 is 41.4 Å². The van der Waals surface area contributed by atoms with Crippen LogP contribution in [0.2, 0.25) is 5.02 Å². The molecule has 0 heterocycles. The lowest BCUT2D eigenvalue weighted by Crippen LogP contribution is -2.39. The lowest BCUT2D eigenvalue weighted by molar-refractivity contribution is -0.385. The van der Waals surface area contributed by atoms with Crippen LogP contribution in [0.3, 0.4) is 0 Å². The molecule has 0 bridgehead atoms. The fourth-order valence-electron chi connectivity index (χ4n) is 3.13. The molecule has 14 heteroatoms. The number of rotatable bonds is 8. The highest BCUT2D eigenvalue weighted by Crippen LogP contribution is 2.37. The smallest absolute Gasteiger partial charge is 0.416 e. The Labute approximate surface area is 225 Å². The zero-order valence-electron chi connectivity index (χ0n) is 20.3. The van der Waals surface area contributed by atoms with Gasteiger partial charge in [0, 0.05) is 17.0 Å². The Hall–Kier alpha value is -4.10. The molecule has 3 rings (SSSR count). The van der Waals surface area contributed by atoms with Crippen LogP contribution in [0, 0.1) is 17.0 Å². The third kappa shape index (κ3) is 7.27. The van der Waals surface area contributed by atoms with Gasteiger partial charge in [-0.2, -0.15) is 13.2 Å². The predicted octanol–water partition coefficient (Wildman–Crippen LogP) is 5.72. The first kappa shape index (κ1) is 29.5. The molecular weight excluding hydrogens is 565 g/mol. The van der Waals surface area contributed by atoms with Gasteiger partial charge in [0.1, 0.15) is 17.1 Å². The number of ether oxygens (including phenoxy) is 2. The van der Waals surface area contributed by atoms with E-state index in [1.807, 2.05) is 6.92 Å². The van der Waals surface area contributed by atoms with Crippen LogP contribution in [-0.2, 0) is 25.4 Å². The minimum Gasteiger partial charge on any atom is -0.456 e. The summed E-state index contributed by atoms with van der Waals surface area (Å²) in [7, 11) is -3.30. The fourth-order valence-corrected chi connectivity index (χ4v) is 4.53. The number of hydrogen-bond acceptors (Lipinski definition) is 7. The van der Waals surface area contributed by atoms with Gasteiger partial charge in [-0.05, 0) is 56.1 Å². The van der Waals surface area contributed by atoms with Crippen LogP contribution in [0.1, 0.15) is 28.4 Å². The maximum atomic E-state index is 12.9. The highest BCUT2D eigenvalue weighted by molar-refractivity contribution is 7.99.